The Balaban J connectivity index is 1.66. The van der Waals surface area contributed by atoms with Crippen LogP contribution in [0.1, 0.15) is 42.2 Å². The molecule has 0 fully saturated rings. The molecule has 2 aliphatic rings. The van der Waals surface area contributed by atoms with Crippen LogP contribution in [-0.2, 0) is 18.4 Å². The molecule has 0 radical (unpaired) electrons. The Bertz CT molecular complexity index is 1010. The second-order valence-electron chi connectivity index (χ2n) is 7.34. The number of amides is 1. The summed E-state index contributed by atoms with van der Waals surface area (Å²) in [6.45, 7) is 0.706. The van der Waals surface area contributed by atoms with Crippen LogP contribution >= 0.6 is 11.3 Å². The third-order valence-electron chi connectivity index (χ3n) is 5.80. The molecule has 0 N–H and O–H groups in total. The average Bonchev–Trinajstić information content (AvgIpc) is 3.36. The van der Waals surface area contributed by atoms with Crippen molar-refractivity contribution >= 4 is 28.1 Å². The summed E-state index contributed by atoms with van der Waals surface area (Å²) in [6.07, 6.45) is 6.56. The van der Waals surface area contributed by atoms with Crippen LogP contribution in [0.15, 0.2) is 59.1 Å². The van der Waals surface area contributed by atoms with Gasteiger partial charge in [-0.1, -0.05) is 24.3 Å². The molecule has 1 aromatic carbocycles. The van der Waals surface area contributed by atoms with Gasteiger partial charge in [-0.25, -0.2) is 0 Å². The molecule has 5 rings (SSSR count). The number of hydrogen-bond donors (Lipinski definition) is 0. The zero-order valence-corrected chi connectivity index (χ0v) is 15.8. The van der Waals surface area contributed by atoms with Crippen molar-refractivity contribution < 1.29 is 4.79 Å². The maximum absolute atomic E-state index is 13.3. The Kier molecular flexibility index (Phi) is 3.75. The minimum Gasteiger partial charge on any atom is -0.350 e. The molecular weight excluding hydrogens is 340 g/mol. The van der Waals surface area contributed by atoms with E-state index in [0.717, 1.165) is 24.8 Å². The highest BCUT2D eigenvalue weighted by molar-refractivity contribution is 7.09. The lowest BCUT2D eigenvalue weighted by molar-refractivity contribution is -0.127. The number of nitrogens with zero attached hydrogens (tertiary/aromatic N) is 2. The van der Waals surface area contributed by atoms with Gasteiger partial charge in [0.05, 0.1) is 12.6 Å². The second-order valence-corrected chi connectivity index (χ2v) is 8.37. The molecule has 1 aliphatic carbocycles. The van der Waals surface area contributed by atoms with Gasteiger partial charge in [0.1, 0.15) is 0 Å². The van der Waals surface area contributed by atoms with E-state index in [1.165, 1.54) is 33.3 Å². The molecule has 4 heteroatoms. The van der Waals surface area contributed by atoms with E-state index in [1.807, 2.05) is 0 Å². The van der Waals surface area contributed by atoms with Gasteiger partial charge in [-0.2, -0.15) is 0 Å². The van der Waals surface area contributed by atoms with Crippen molar-refractivity contribution in [3.63, 3.8) is 0 Å². The maximum atomic E-state index is 13.3. The molecule has 26 heavy (non-hydrogen) atoms. The number of carbonyl (C=O) groups excluding carboxylic acids is 1. The van der Waals surface area contributed by atoms with Gasteiger partial charge in [0.2, 0.25) is 0 Å². The summed E-state index contributed by atoms with van der Waals surface area (Å²) in [7, 11) is 2.10. The van der Waals surface area contributed by atoms with Crippen molar-refractivity contribution in [2.75, 3.05) is 0 Å². The summed E-state index contributed by atoms with van der Waals surface area (Å²) in [4.78, 5) is 16.6. The van der Waals surface area contributed by atoms with E-state index in [2.05, 4.69) is 64.5 Å². The van der Waals surface area contributed by atoms with E-state index in [4.69, 9.17) is 0 Å². The summed E-state index contributed by atoms with van der Waals surface area (Å²) in [5, 5.41) is 3.36. The fourth-order valence-electron chi connectivity index (χ4n) is 4.63. The van der Waals surface area contributed by atoms with Crippen molar-refractivity contribution in [3.8, 4) is 0 Å². The largest absolute Gasteiger partial charge is 0.350 e. The van der Waals surface area contributed by atoms with Crippen molar-refractivity contribution in [3.05, 3.63) is 69.6 Å². The summed E-state index contributed by atoms with van der Waals surface area (Å²) in [5.41, 5.74) is 4.97. The third-order valence-corrected chi connectivity index (χ3v) is 6.66. The number of aryl methyl sites for hydroxylation is 1. The van der Waals surface area contributed by atoms with Gasteiger partial charge >= 0.3 is 0 Å². The van der Waals surface area contributed by atoms with Gasteiger partial charge in [-0.15, -0.1) is 11.3 Å². The maximum Gasteiger partial charge on any atom is 0.250 e. The van der Waals surface area contributed by atoms with Crippen LogP contribution in [0.2, 0.25) is 0 Å². The minimum atomic E-state index is 0.0889. The molecule has 3 nitrogen and oxygen atoms in total. The summed E-state index contributed by atoms with van der Waals surface area (Å²) >= 11 is 1.73. The number of hydrogen-bond acceptors (Lipinski definition) is 2. The number of aromatic nitrogens is 1. The Morgan fingerprint density at radius 1 is 1.12 bits per heavy atom. The SMILES string of the molecule is Cn1cc(C2C3=C(CCCC3)C(=O)N2Cc2cccs2)c2ccccc21. The van der Waals surface area contributed by atoms with Gasteiger partial charge in [0.25, 0.3) is 5.91 Å². The first-order valence-corrected chi connectivity index (χ1v) is 10.2. The molecule has 3 aromatic rings. The van der Waals surface area contributed by atoms with Gasteiger partial charge in [-0.05, 0) is 48.8 Å². The predicted molar refractivity (Wildman–Crippen MR) is 106 cm³/mol. The number of carbonyl (C=O) groups is 1. The van der Waals surface area contributed by atoms with E-state index in [9.17, 15) is 4.79 Å². The van der Waals surface area contributed by atoms with Crippen LogP contribution in [0.5, 0.6) is 0 Å². The smallest absolute Gasteiger partial charge is 0.250 e. The van der Waals surface area contributed by atoms with E-state index in [1.54, 1.807) is 11.3 Å². The molecule has 1 amide bonds. The Morgan fingerprint density at radius 3 is 2.81 bits per heavy atom. The van der Waals surface area contributed by atoms with Crippen LogP contribution < -0.4 is 0 Å². The number of para-hydroxylation sites is 1. The molecule has 2 aromatic heterocycles. The van der Waals surface area contributed by atoms with Crippen molar-refractivity contribution in [1.29, 1.82) is 0 Å². The van der Waals surface area contributed by atoms with Crippen LogP contribution in [0.25, 0.3) is 10.9 Å². The first-order chi connectivity index (χ1) is 12.7. The number of rotatable bonds is 3. The molecule has 132 valence electrons. The van der Waals surface area contributed by atoms with Crippen molar-refractivity contribution in [2.45, 2.75) is 38.3 Å². The summed E-state index contributed by atoms with van der Waals surface area (Å²) < 4.78 is 2.19. The monoisotopic (exact) mass is 362 g/mol. The van der Waals surface area contributed by atoms with Gasteiger partial charge < -0.3 is 9.47 Å². The lowest BCUT2D eigenvalue weighted by atomic mass is 9.87. The fraction of sp³-hybridized carbons (Fsp3) is 0.318. The van der Waals surface area contributed by atoms with Gasteiger partial charge in [0.15, 0.2) is 0 Å². The third kappa shape index (κ3) is 2.36. The average molecular weight is 362 g/mol. The van der Waals surface area contributed by atoms with E-state index in [0.29, 0.717) is 6.54 Å². The van der Waals surface area contributed by atoms with Crippen LogP contribution in [0, 0.1) is 0 Å². The molecule has 1 atom stereocenters. The van der Waals surface area contributed by atoms with Crippen molar-refractivity contribution in [2.24, 2.45) is 7.05 Å². The standard InChI is InChI=1S/C22H22N2OS/c1-23-14-19(16-8-4-5-11-20(16)23)21-17-9-2-3-10-18(17)22(25)24(21)13-15-7-6-12-26-15/h4-8,11-12,14,21H,2-3,9-10,13H2,1H3. The summed E-state index contributed by atoms with van der Waals surface area (Å²) in [5.74, 6) is 0.256. The molecule has 0 saturated heterocycles. The van der Waals surface area contributed by atoms with Gasteiger partial charge in [-0.3, -0.25) is 4.79 Å². The van der Waals surface area contributed by atoms with E-state index < -0.39 is 0 Å². The van der Waals surface area contributed by atoms with E-state index >= 15 is 0 Å². The fourth-order valence-corrected chi connectivity index (χ4v) is 5.34. The molecule has 0 spiro atoms. The molecule has 0 saturated carbocycles. The minimum absolute atomic E-state index is 0.0889. The molecule has 1 unspecified atom stereocenters. The first-order valence-electron chi connectivity index (χ1n) is 9.33. The highest BCUT2D eigenvalue weighted by atomic mass is 32.1. The van der Waals surface area contributed by atoms with Gasteiger partial charge in [0, 0.05) is 40.2 Å². The molecule has 1 aliphatic heterocycles. The number of thiophene rings is 1. The number of benzene rings is 1. The highest BCUT2D eigenvalue weighted by Gasteiger charge is 2.41. The van der Waals surface area contributed by atoms with Crippen LogP contribution in [0.3, 0.4) is 0 Å². The Labute approximate surface area is 157 Å². The first kappa shape index (κ1) is 15.9. The molecular formula is C22H22N2OS. The van der Waals surface area contributed by atoms with Crippen LogP contribution in [0.4, 0.5) is 0 Å². The molecule has 0 bridgehead atoms. The number of fused-ring (bicyclic) bond motifs is 1. The Morgan fingerprint density at radius 2 is 1.96 bits per heavy atom. The Hall–Kier alpha value is -2.33. The van der Waals surface area contributed by atoms with Crippen LogP contribution in [-0.4, -0.2) is 15.4 Å². The zero-order valence-electron chi connectivity index (χ0n) is 14.9. The predicted octanol–water partition coefficient (Wildman–Crippen LogP) is 5.19. The topological polar surface area (TPSA) is 25.2 Å². The normalized spacial score (nSPS) is 20.3. The quantitative estimate of drug-likeness (QED) is 0.629. The highest BCUT2D eigenvalue weighted by Crippen LogP contribution is 2.47. The second kappa shape index (κ2) is 6.13. The zero-order chi connectivity index (χ0) is 17.7. The molecule has 3 heterocycles. The lowest BCUT2D eigenvalue weighted by Crippen LogP contribution is -2.29. The van der Waals surface area contributed by atoms with Crippen molar-refractivity contribution in [1.82, 2.24) is 9.47 Å². The lowest BCUT2D eigenvalue weighted by Gasteiger charge is -2.27. The summed E-state index contributed by atoms with van der Waals surface area (Å²) in [6, 6.07) is 12.8. The van der Waals surface area contributed by atoms with E-state index in [-0.39, 0.29) is 11.9 Å².